The number of likely N-dealkylation sites (tertiary alicyclic amines) is 1. The minimum atomic E-state index is 0.234. The van der Waals surface area contributed by atoms with E-state index in [-0.39, 0.29) is 12.6 Å². The number of hydrogen-bond donors (Lipinski definition) is 2. The molecule has 0 aliphatic carbocycles. The molecule has 1 aliphatic heterocycles. The summed E-state index contributed by atoms with van der Waals surface area (Å²) in [6.07, 6.45) is 2.23. The fraction of sp³-hybridized carbons (Fsp3) is 0.231. The first-order chi connectivity index (χ1) is 15.1. The van der Waals surface area contributed by atoms with E-state index in [2.05, 4.69) is 58.4 Å². The lowest BCUT2D eigenvalue weighted by Gasteiger charge is -2.21. The average molecular weight is 451 g/mol. The molecule has 1 aromatic heterocycles. The van der Waals surface area contributed by atoms with E-state index in [0.29, 0.717) is 10.0 Å². The molecule has 0 bridgehead atoms. The first kappa shape index (κ1) is 20.6. The maximum Gasteiger partial charge on any atom is 0.0587 e. The summed E-state index contributed by atoms with van der Waals surface area (Å²) in [6, 6.07) is 23.1. The van der Waals surface area contributed by atoms with Gasteiger partial charge in [-0.25, -0.2) is 0 Å². The van der Waals surface area contributed by atoms with E-state index in [4.69, 9.17) is 23.2 Å². The second-order valence-corrected chi connectivity index (χ2v) is 9.09. The molecule has 1 fully saturated rings. The molecule has 0 amide bonds. The van der Waals surface area contributed by atoms with Crippen molar-refractivity contribution in [1.82, 2.24) is 9.88 Å². The van der Waals surface area contributed by atoms with Gasteiger partial charge in [-0.2, -0.15) is 0 Å². The summed E-state index contributed by atoms with van der Waals surface area (Å²) in [5, 5.41) is 12.1. The van der Waals surface area contributed by atoms with Crippen LogP contribution in [0.25, 0.3) is 33.2 Å². The topological polar surface area (TPSA) is 39.3 Å². The second-order valence-electron chi connectivity index (χ2n) is 8.25. The van der Waals surface area contributed by atoms with E-state index in [1.54, 1.807) is 6.07 Å². The number of aromatic nitrogens is 1. The molecule has 3 nitrogen and oxygen atoms in total. The summed E-state index contributed by atoms with van der Waals surface area (Å²) in [5.74, 6) is 0. The number of hydrogen-bond acceptors (Lipinski definition) is 2. The second kappa shape index (κ2) is 8.68. The lowest BCUT2D eigenvalue weighted by atomic mass is 9.98. The van der Waals surface area contributed by atoms with Crippen LogP contribution in [0.1, 0.15) is 18.5 Å². The van der Waals surface area contributed by atoms with Gasteiger partial charge in [0.05, 0.1) is 6.61 Å². The highest BCUT2D eigenvalue weighted by molar-refractivity contribution is 6.36. The zero-order valence-electron chi connectivity index (χ0n) is 17.1. The summed E-state index contributed by atoms with van der Waals surface area (Å²) in [5.41, 5.74) is 6.68. The highest BCUT2D eigenvalue weighted by atomic mass is 35.5. The van der Waals surface area contributed by atoms with Gasteiger partial charge in [0.25, 0.3) is 0 Å². The summed E-state index contributed by atoms with van der Waals surface area (Å²) in [7, 11) is 0. The third kappa shape index (κ3) is 4.24. The summed E-state index contributed by atoms with van der Waals surface area (Å²) in [6.45, 7) is 2.13. The number of halogens is 2. The van der Waals surface area contributed by atoms with Gasteiger partial charge in [-0.3, -0.25) is 4.90 Å². The van der Waals surface area contributed by atoms with Crippen LogP contribution in [0.3, 0.4) is 0 Å². The van der Waals surface area contributed by atoms with Crippen molar-refractivity contribution < 1.29 is 5.11 Å². The molecule has 1 atom stereocenters. The fourth-order valence-electron chi connectivity index (χ4n) is 4.58. The number of aliphatic hydroxyl groups is 1. The average Bonchev–Trinajstić information content (AvgIpc) is 3.39. The maximum absolute atomic E-state index is 9.59. The zero-order chi connectivity index (χ0) is 21.4. The van der Waals surface area contributed by atoms with Crippen LogP contribution in [0.15, 0.2) is 66.7 Å². The Kier molecular flexibility index (Phi) is 5.77. The SMILES string of the molecule is OCC1CCCN1Cc1cc2cc(-c3cccc(-c4ccc(Cl)cc4Cl)c3)ccc2[nH]1. The smallest absolute Gasteiger partial charge is 0.0587 e. The molecule has 0 spiro atoms. The number of nitrogens with one attached hydrogen (secondary N) is 1. The Balaban J connectivity index is 1.44. The molecule has 5 rings (SSSR count). The number of aromatic amines is 1. The molecular weight excluding hydrogens is 427 g/mol. The molecule has 31 heavy (non-hydrogen) atoms. The molecule has 3 aromatic carbocycles. The van der Waals surface area contributed by atoms with Gasteiger partial charge in [0.15, 0.2) is 0 Å². The monoisotopic (exact) mass is 450 g/mol. The Morgan fingerprint density at radius 3 is 2.61 bits per heavy atom. The summed E-state index contributed by atoms with van der Waals surface area (Å²) in [4.78, 5) is 5.91. The zero-order valence-corrected chi connectivity index (χ0v) is 18.6. The van der Waals surface area contributed by atoms with Crippen LogP contribution in [0.2, 0.25) is 10.0 Å². The molecular formula is C26H24Cl2N2O. The Morgan fingerprint density at radius 2 is 1.77 bits per heavy atom. The number of fused-ring (bicyclic) bond motifs is 1. The van der Waals surface area contributed by atoms with Crippen molar-refractivity contribution in [2.75, 3.05) is 13.2 Å². The van der Waals surface area contributed by atoms with E-state index in [0.717, 1.165) is 48.1 Å². The molecule has 0 radical (unpaired) electrons. The van der Waals surface area contributed by atoms with Gasteiger partial charge in [0.2, 0.25) is 0 Å². The Morgan fingerprint density at radius 1 is 0.935 bits per heavy atom. The van der Waals surface area contributed by atoms with Crippen LogP contribution < -0.4 is 0 Å². The lowest BCUT2D eigenvalue weighted by molar-refractivity contribution is 0.152. The lowest BCUT2D eigenvalue weighted by Crippen LogP contribution is -2.31. The van der Waals surface area contributed by atoms with Crippen molar-refractivity contribution in [1.29, 1.82) is 0 Å². The van der Waals surface area contributed by atoms with Gasteiger partial charge in [0, 0.05) is 44.8 Å². The normalized spacial score (nSPS) is 16.9. The molecule has 1 aliphatic rings. The molecule has 1 unspecified atom stereocenters. The number of aliphatic hydroxyl groups excluding tert-OH is 1. The highest BCUT2D eigenvalue weighted by Crippen LogP contribution is 2.33. The van der Waals surface area contributed by atoms with Crippen LogP contribution in [0.4, 0.5) is 0 Å². The highest BCUT2D eigenvalue weighted by Gasteiger charge is 2.24. The van der Waals surface area contributed by atoms with Crippen LogP contribution in [0.5, 0.6) is 0 Å². The predicted molar refractivity (Wildman–Crippen MR) is 130 cm³/mol. The third-order valence-electron chi connectivity index (χ3n) is 6.20. The quantitative estimate of drug-likeness (QED) is 0.352. The van der Waals surface area contributed by atoms with E-state index in [9.17, 15) is 5.11 Å². The third-order valence-corrected chi connectivity index (χ3v) is 6.75. The molecule has 158 valence electrons. The van der Waals surface area contributed by atoms with Crippen molar-refractivity contribution in [3.8, 4) is 22.3 Å². The largest absolute Gasteiger partial charge is 0.395 e. The first-order valence-corrected chi connectivity index (χ1v) is 11.4. The molecule has 4 aromatic rings. The predicted octanol–water partition coefficient (Wildman–Crippen LogP) is 6.77. The molecule has 5 heteroatoms. The summed E-state index contributed by atoms with van der Waals surface area (Å²) < 4.78 is 0. The van der Waals surface area contributed by atoms with E-state index in [1.807, 2.05) is 12.1 Å². The van der Waals surface area contributed by atoms with Gasteiger partial charge >= 0.3 is 0 Å². The number of nitrogens with zero attached hydrogens (tertiary/aromatic N) is 1. The first-order valence-electron chi connectivity index (χ1n) is 10.6. The maximum atomic E-state index is 9.59. The van der Waals surface area contributed by atoms with E-state index >= 15 is 0 Å². The van der Waals surface area contributed by atoms with Crippen molar-refractivity contribution in [3.05, 3.63) is 82.5 Å². The van der Waals surface area contributed by atoms with Crippen molar-refractivity contribution >= 4 is 34.1 Å². The van der Waals surface area contributed by atoms with Crippen molar-refractivity contribution in [3.63, 3.8) is 0 Å². The van der Waals surface area contributed by atoms with Crippen molar-refractivity contribution in [2.24, 2.45) is 0 Å². The van der Waals surface area contributed by atoms with Crippen LogP contribution in [-0.4, -0.2) is 34.2 Å². The molecule has 2 N–H and O–H groups in total. The van der Waals surface area contributed by atoms with Gasteiger partial charge < -0.3 is 10.1 Å². The van der Waals surface area contributed by atoms with Gasteiger partial charge in [0.1, 0.15) is 0 Å². The number of benzene rings is 3. The fourth-order valence-corrected chi connectivity index (χ4v) is 5.09. The number of H-pyrrole nitrogens is 1. The summed E-state index contributed by atoms with van der Waals surface area (Å²) >= 11 is 12.5. The Hall–Kier alpha value is -2.30. The minimum absolute atomic E-state index is 0.234. The molecule has 1 saturated heterocycles. The minimum Gasteiger partial charge on any atom is -0.395 e. The Labute approximate surface area is 192 Å². The van der Waals surface area contributed by atoms with Gasteiger partial charge in [-0.15, -0.1) is 0 Å². The Bertz CT molecular complexity index is 1230. The number of rotatable bonds is 5. The van der Waals surface area contributed by atoms with Gasteiger partial charge in [-0.05, 0) is 72.5 Å². The van der Waals surface area contributed by atoms with E-state index < -0.39 is 0 Å². The standard InChI is InChI=1S/C26H24Cl2N2O/c27-21-7-8-24(25(28)14-21)19-4-1-3-17(11-19)18-6-9-26-20(12-18)13-22(29-26)15-30-10-2-5-23(30)16-31/h1,3-4,6-9,11-14,23,29,31H,2,5,10,15-16H2. The van der Waals surface area contributed by atoms with E-state index in [1.165, 1.54) is 16.6 Å². The van der Waals surface area contributed by atoms with Crippen LogP contribution in [0, 0.1) is 0 Å². The van der Waals surface area contributed by atoms with Gasteiger partial charge in [-0.1, -0.05) is 53.5 Å². The van der Waals surface area contributed by atoms with Crippen LogP contribution >= 0.6 is 23.2 Å². The van der Waals surface area contributed by atoms with Crippen molar-refractivity contribution in [2.45, 2.75) is 25.4 Å². The molecule has 2 heterocycles. The van der Waals surface area contributed by atoms with Crippen LogP contribution in [-0.2, 0) is 6.54 Å². The molecule has 0 saturated carbocycles.